The lowest BCUT2D eigenvalue weighted by atomic mass is 9.68. The van der Waals surface area contributed by atoms with E-state index in [2.05, 4.69) is 0 Å². The van der Waals surface area contributed by atoms with E-state index in [9.17, 15) is 0 Å². The van der Waals surface area contributed by atoms with Crippen LogP contribution >= 0.6 is 0 Å². The normalized spacial score (nSPS) is 52.8. The van der Waals surface area contributed by atoms with Crippen molar-refractivity contribution in [2.75, 3.05) is 0 Å². The molecule has 0 radical (unpaired) electrons. The number of hydrogen-bond donors (Lipinski definition) is 1. The first-order valence-corrected chi connectivity index (χ1v) is 5.62. The van der Waals surface area contributed by atoms with E-state index in [4.69, 9.17) is 5.73 Å². The fourth-order valence-electron chi connectivity index (χ4n) is 3.90. The number of hydrogen-bond acceptors (Lipinski definition) is 1. The molecule has 2 bridgehead atoms. The Morgan fingerprint density at radius 3 is 2.08 bits per heavy atom. The summed E-state index contributed by atoms with van der Waals surface area (Å²) in [5.74, 6) is 3.93. The van der Waals surface area contributed by atoms with Crippen LogP contribution in [0.4, 0.5) is 0 Å². The second-order valence-electron chi connectivity index (χ2n) is 5.18. The topological polar surface area (TPSA) is 26.0 Å². The maximum atomic E-state index is 6.27. The molecule has 12 heavy (non-hydrogen) atoms. The van der Waals surface area contributed by atoms with Crippen molar-refractivity contribution in [3.63, 3.8) is 0 Å². The van der Waals surface area contributed by atoms with Crippen LogP contribution in [0.1, 0.15) is 38.5 Å². The van der Waals surface area contributed by atoms with Gasteiger partial charge in [-0.2, -0.15) is 0 Å². The van der Waals surface area contributed by atoms with Gasteiger partial charge in [-0.1, -0.05) is 19.3 Å². The third kappa shape index (κ3) is 0.834. The van der Waals surface area contributed by atoms with Gasteiger partial charge >= 0.3 is 0 Å². The van der Waals surface area contributed by atoms with Crippen molar-refractivity contribution in [2.45, 2.75) is 44.6 Å². The summed E-state index contributed by atoms with van der Waals surface area (Å²) < 4.78 is 0. The Morgan fingerprint density at radius 2 is 1.58 bits per heavy atom. The lowest BCUT2D eigenvalue weighted by Crippen LogP contribution is -2.41. The molecule has 0 aromatic heterocycles. The monoisotopic (exact) mass is 165 g/mol. The van der Waals surface area contributed by atoms with E-state index in [0.29, 0.717) is 6.04 Å². The Hall–Kier alpha value is -0.0400. The minimum absolute atomic E-state index is 0.592. The molecular formula is C11H19N. The molecule has 3 aliphatic rings. The predicted octanol–water partition coefficient (Wildman–Crippen LogP) is 2.16. The van der Waals surface area contributed by atoms with Crippen LogP contribution in [-0.4, -0.2) is 6.04 Å². The molecule has 1 heteroatoms. The highest BCUT2D eigenvalue weighted by molar-refractivity contribution is 5.02. The Morgan fingerprint density at radius 1 is 0.833 bits per heavy atom. The van der Waals surface area contributed by atoms with Gasteiger partial charge in [-0.25, -0.2) is 0 Å². The first-order valence-electron chi connectivity index (χ1n) is 5.62. The molecule has 68 valence electrons. The zero-order valence-corrected chi connectivity index (χ0v) is 7.71. The molecule has 0 aliphatic heterocycles. The van der Waals surface area contributed by atoms with E-state index in [1.165, 1.54) is 38.5 Å². The number of fused-ring (bicyclic) bond motifs is 2. The second-order valence-corrected chi connectivity index (χ2v) is 5.18. The maximum absolute atomic E-state index is 6.27. The molecule has 1 unspecified atom stereocenters. The molecule has 2 N–H and O–H groups in total. The SMILES string of the molecule is N[C@H]1C(C2CCC2)[C@H]2CC[C@@H]1C2. The van der Waals surface area contributed by atoms with Crippen LogP contribution in [0.3, 0.4) is 0 Å². The van der Waals surface area contributed by atoms with Gasteiger partial charge in [0.05, 0.1) is 0 Å². The van der Waals surface area contributed by atoms with Gasteiger partial charge in [-0.05, 0) is 42.9 Å². The molecule has 1 nitrogen and oxygen atoms in total. The Balaban J connectivity index is 1.77. The van der Waals surface area contributed by atoms with Crippen LogP contribution in [0.5, 0.6) is 0 Å². The minimum Gasteiger partial charge on any atom is -0.327 e. The van der Waals surface area contributed by atoms with Gasteiger partial charge in [-0.3, -0.25) is 0 Å². The molecule has 0 aromatic carbocycles. The number of nitrogens with two attached hydrogens (primary N) is 1. The number of rotatable bonds is 1. The molecule has 0 amide bonds. The molecule has 3 fully saturated rings. The van der Waals surface area contributed by atoms with E-state index in [0.717, 1.165) is 23.7 Å². The van der Waals surface area contributed by atoms with Crippen LogP contribution in [0.2, 0.25) is 0 Å². The average Bonchev–Trinajstić information content (AvgIpc) is 2.50. The van der Waals surface area contributed by atoms with E-state index in [-0.39, 0.29) is 0 Å². The summed E-state index contributed by atoms with van der Waals surface area (Å²) in [6.45, 7) is 0. The highest BCUT2D eigenvalue weighted by atomic mass is 14.7. The van der Waals surface area contributed by atoms with Gasteiger partial charge in [0.15, 0.2) is 0 Å². The Bertz CT molecular complexity index is 183. The fraction of sp³-hybridized carbons (Fsp3) is 1.00. The van der Waals surface area contributed by atoms with Crippen molar-refractivity contribution in [1.82, 2.24) is 0 Å². The van der Waals surface area contributed by atoms with Crippen LogP contribution in [0, 0.1) is 23.7 Å². The summed E-state index contributed by atoms with van der Waals surface area (Å²) >= 11 is 0. The summed E-state index contributed by atoms with van der Waals surface area (Å²) in [5, 5.41) is 0. The zero-order chi connectivity index (χ0) is 8.13. The van der Waals surface area contributed by atoms with Crippen molar-refractivity contribution in [3.05, 3.63) is 0 Å². The smallest absolute Gasteiger partial charge is 0.0101 e. The van der Waals surface area contributed by atoms with Crippen molar-refractivity contribution in [2.24, 2.45) is 29.4 Å². The summed E-state index contributed by atoms with van der Waals surface area (Å²) in [6.07, 6.45) is 8.87. The quantitative estimate of drug-likeness (QED) is 0.633. The van der Waals surface area contributed by atoms with E-state index < -0.39 is 0 Å². The summed E-state index contributed by atoms with van der Waals surface area (Å²) in [5.41, 5.74) is 6.27. The van der Waals surface area contributed by atoms with Crippen molar-refractivity contribution < 1.29 is 0 Å². The summed E-state index contributed by atoms with van der Waals surface area (Å²) in [4.78, 5) is 0. The molecule has 3 saturated carbocycles. The van der Waals surface area contributed by atoms with E-state index in [1.54, 1.807) is 0 Å². The first kappa shape index (κ1) is 7.37. The molecule has 0 heterocycles. The molecular weight excluding hydrogens is 146 g/mol. The average molecular weight is 165 g/mol. The first-order chi connectivity index (χ1) is 5.86. The maximum Gasteiger partial charge on any atom is 0.0101 e. The molecule has 0 aromatic rings. The van der Waals surface area contributed by atoms with Crippen LogP contribution in [0.25, 0.3) is 0 Å². The van der Waals surface area contributed by atoms with Crippen LogP contribution in [0.15, 0.2) is 0 Å². The highest BCUT2D eigenvalue weighted by Crippen LogP contribution is 2.54. The van der Waals surface area contributed by atoms with Gasteiger partial charge in [0.2, 0.25) is 0 Å². The van der Waals surface area contributed by atoms with Crippen LogP contribution < -0.4 is 5.73 Å². The van der Waals surface area contributed by atoms with Crippen molar-refractivity contribution >= 4 is 0 Å². The van der Waals surface area contributed by atoms with Gasteiger partial charge in [0.1, 0.15) is 0 Å². The molecule has 3 aliphatic carbocycles. The van der Waals surface area contributed by atoms with Crippen LogP contribution in [-0.2, 0) is 0 Å². The second kappa shape index (κ2) is 2.47. The lowest BCUT2D eigenvalue weighted by molar-refractivity contribution is 0.128. The largest absolute Gasteiger partial charge is 0.327 e. The zero-order valence-electron chi connectivity index (χ0n) is 7.71. The summed E-state index contributed by atoms with van der Waals surface area (Å²) in [7, 11) is 0. The third-order valence-corrected chi connectivity index (χ3v) is 4.74. The van der Waals surface area contributed by atoms with E-state index in [1.807, 2.05) is 0 Å². The predicted molar refractivity (Wildman–Crippen MR) is 49.6 cm³/mol. The molecule has 0 spiro atoms. The summed E-state index contributed by atoms with van der Waals surface area (Å²) in [6, 6.07) is 0.592. The molecule has 4 atom stereocenters. The van der Waals surface area contributed by atoms with Gasteiger partial charge in [0.25, 0.3) is 0 Å². The Kier molecular flexibility index (Phi) is 1.52. The third-order valence-electron chi connectivity index (χ3n) is 4.74. The standard InChI is InChI=1S/C11H19N/c12-11-9-5-4-8(6-9)10(11)7-2-1-3-7/h7-11H,1-6,12H2/t8-,9+,10?,11+/m0/s1. The minimum atomic E-state index is 0.592. The van der Waals surface area contributed by atoms with Gasteiger partial charge < -0.3 is 5.73 Å². The van der Waals surface area contributed by atoms with Gasteiger partial charge in [-0.15, -0.1) is 0 Å². The van der Waals surface area contributed by atoms with Crippen molar-refractivity contribution in [3.8, 4) is 0 Å². The molecule has 0 saturated heterocycles. The van der Waals surface area contributed by atoms with E-state index >= 15 is 0 Å². The van der Waals surface area contributed by atoms with Crippen molar-refractivity contribution in [1.29, 1.82) is 0 Å². The Labute approximate surface area is 74.7 Å². The molecule has 3 rings (SSSR count). The highest BCUT2D eigenvalue weighted by Gasteiger charge is 2.49. The fourth-order valence-corrected chi connectivity index (χ4v) is 3.90. The lowest BCUT2D eigenvalue weighted by Gasteiger charge is -2.39. The van der Waals surface area contributed by atoms with Gasteiger partial charge in [0, 0.05) is 6.04 Å².